The van der Waals surface area contributed by atoms with E-state index in [1.165, 1.54) is 12.1 Å². The van der Waals surface area contributed by atoms with Crippen LogP contribution >= 0.6 is 0 Å². The van der Waals surface area contributed by atoms with Gasteiger partial charge in [0.05, 0.1) is 12.5 Å². The zero-order chi connectivity index (χ0) is 27.4. The lowest BCUT2D eigenvalue weighted by atomic mass is 9.83. The molecule has 3 aromatic carbocycles. The van der Waals surface area contributed by atoms with Gasteiger partial charge in [0, 0.05) is 22.6 Å². The van der Waals surface area contributed by atoms with Crippen LogP contribution in [0.1, 0.15) is 53.6 Å². The molecule has 0 saturated heterocycles. The Labute approximate surface area is 224 Å². The van der Waals surface area contributed by atoms with Gasteiger partial charge in [0.15, 0.2) is 0 Å². The molecule has 1 unspecified atom stereocenters. The quantitative estimate of drug-likeness (QED) is 0.133. The van der Waals surface area contributed by atoms with Gasteiger partial charge in [-0.25, -0.2) is 9.59 Å². The van der Waals surface area contributed by atoms with Crippen LogP contribution in [-0.2, 0) is 0 Å². The Bertz CT molecular complexity index is 1680. The van der Waals surface area contributed by atoms with Crippen molar-refractivity contribution in [1.29, 1.82) is 5.26 Å². The van der Waals surface area contributed by atoms with E-state index in [-0.39, 0.29) is 22.8 Å². The maximum atomic E-state index is 12.9. The highest BCUT2D eigenvalue weighted by molar-refractivity contribution is 5.94. The lowest BCUT2D eigenvalue weighted by Gasteiger charge is -2.28. The van der Waals surface area contributed by atoms with Crippen molar-refractivity contribution in [2.45, 2.75) is 32.1 Å². The number of benzene rings is 3. The first-order chi connectivity index (χ1) is 19.0. The minimum Gasteiger partial charge on any atom is -0.493 e. The number of para-hydroxylation sites is 2. The summed E-state index contributed by atoms with van der Waals surface area (Å²) in [6, 6.07) is 22.8. The number of fused-ring (bicyclic) bond motifs is 2. The summed E-state index contributed by atoms with van der Waals surface area (Å²) in [6.07, 6.45) is 3.05. The van der Waals surface area contributed by atoms with Gasteiger partial charge in [-0.05, 0) is 30.7 Å². The number of nitrogens with two attached hydrogens (primary N) is 1. The number of carbonyl (C=O) groups excluding carboxylic acids is 1. The molecule has 1 aromatic heterocycles. The lowest BCUT2D eigenvalue weighted by Crippen LogP contribution is -2.22. The van der Waals surface area contributed by atoms with E-state index in [0.717, 1.165) is 24.8 Å². The van der Waals surface area contributed by atoms with Crippen molar-refractivity contribution >= 4 is 16.9 Å². The summed E-state index contributed by atoms with van der Waals surface area (Å²) < 4.78 is 22.6. The van der Waals surface area contributed by atoms with Gasteiger partial charge in [-0.15, -0.1) is 0 Å². The zero-order valence-electron chi connectivity index (χ0n) is 21.3. The Hall–Kier alpha value is -5.03. The van der Waals surface area contributed by atoms with Crippen LogP contribution in [0.5, 0.6) is 17.2 Å². The molecule has 2 heterocycles. The molecule has 0 bridgehead atoms. The molecule has 0 spiro atoms. The van der Waals surface area contributed by atoms with Gasteiger partial charge in [-0.1, -0.05) is 62.2 Å². The van der Waals surface area contributed by atoms with Gasteiger partial charge in [0.2, 0.25) is 5.88 Å². The second-order valence-corrected chi connectivity index (χ2v) is 9.09. The van der Waals surface area contributed by atoms with Crippen molar-refractivity contribution in [2.24, 2.45) is 5.73 Å². The first kappa shape index (κ1) is 25.6. The molecular weight excluding hydrogens is 496 g/mol. The number of unbranched alkanes of at least 4 members (excludes halogenated alkanes) is 2. The van der Waals surface area contributed by atoms with E-state index < -0.39 is 17.5 Å². The number of nitriles is 1. The van der Waals surface area contributed by atoms with Crippen LogP contribution < -0.4 is 25.6 Å². The van der Waals surface area contributed by atoms with Crippen LogP contribution in [0.25, 0.3) is 11.0 Å². The van der Waals surface area contributed by atoms with Crippen LogP contribution in [0.3, 0.4) is 0 Å². The number of esters is 1. The van der Waals surface area contributed by atoms with Crippen LogP contribution in [0.4, 0.5) is 0 Å². The molecule has 0 saturated carbocycles. The van der Waals surface area contributed by atoms with Crippen LogP contribution in [0.2, 0.25) is 0 Å². The molecule has 1 aliphatic heterocycles. The maximum absolute atomic E-state index is 12.9. The van der Waals surface area contributed by atoms with Crippen LogP contribution in [0.15, 0.2) is 93.5 Å². The Morgan fingerprint density at radius 1 is 1.03 bits per heavy atom. The van der Waals surface area contributed by atoms with Gasteiger partial charge >= 0.3 is 11.6 Å². The Morgan fingerprint density at radius 2 is 1.82 bits per heavy atom. The molecule has 8 heteroatoms. The second-order valence-electron chi connectivity index (χ2n) is 9.09. The van der Waals surface area contributed by atoms with Crippen molar-refractivity contribution in [3.63, 3.8) is 0 Å². The summed E-state index contributed by atoms with van der Waals surface area (Å²) in [6.45, 7) is 2.68. The van der Waals surface area contributed by atoms with E-state index in [9.17, 15) is 14.9 Å². The van der Waals surface area contributed by atoms with Crippen molar-refractivity contribution in [3.8, 4) is 23.3 Å². The van der Waals surface area contributed by atoms with Crippen molar-refractivity contribution in [3.05, 3.63) is 111 Å². The summed E-state index contributed by atoms with van der Waals surface area (Å²) >= 11 is 0. The Kier molecular flexibility index (Phi) is 7.32. The number of hydrogen-bond acceptors (Lipinski definition) is 8. The molecule has 8 nitrogen and oxygen atoms in total. The Morgan fingerprint density at radius 3 is 2.64 bits per heavy atom. The molecule has 0 fully saturated rings. The molecule has 5 rings (SSSR count). The van der Waals surface area contributed by atoms with Crippen molar-refractivity contribution in [2.75, 3.05) is 6.61 Å². The number of carbonyl (C=O) groups is 1. The predicted molar refractivity (Wildman–Crippen MR) is 145 cm³/mol. The highest BCUT2D eigenvalue weighted by atomic mass is 16.5. The first-order valence-corrected chi connectivity index (χ1v) is 12.7. The smallest absolute Gasteiger partial charge is 0.351 e. The number of rotatable bonds is 8. The average molecular weight is 523 g/mol. The summed E-state index contributed by atoms with van der Waals surface area (Å²) in [5, 5.41) is 10.5. The fourth-order valence-electron chi connectivity index (χ4n) is 4.57. The molecule has 0 amide bonds. The van der Waals surface area contributed by atoms with E-state index in [1.807, 2.05) is 24.3 Å². The zero-order valence-corrected chi connectivity index (χ0v) is 21.3. The normalized spacial score (nSPS) is 14.3. The second kappa shape index (κ2) is 11.2. The number of nitrogens with zero attached hydrogens (tertiary/aromatic N) is 1. The predicted octanol–water partition coefficient (Wildman–Crippen LogP) is 5.80. The number of hydrogen-bond donors (Lipinski definition) is 1. The molecule has 196 valence electrons. The number of ether oxygens (including phenoxy) is 3. The summed E-state index contributed by atoms with van der Waals surface area (Å²) in [5.41, 5.74) is 7.21. The van der Waals surface area contributed by atoms with Crippen molar-refractivity contribution in [1.82, 2.24) is 0 Å². The summed E-state index contributed by atoms with van der Waals surface area (Å²) in [7, 11) is 0. The summed E-state index contributed by atoms with van der Waals surface area (Å²) in [4.78, 5) is 25.3. The third-order valence-corrected chi connectivity index (χ3v) is 6.50. The number of allylic oxidation sites excluding steroid dienone is 1. The SMILES string of the molecule is CCCCCOc1ccccc1C1C(C#N)=C(N)Oc2cc(OC(=O)c3cc4ccccc4oc3=O)ccc21. The standard InChI is InChI=1S/C31H26N2O6/c1-2-3-8-15-36-26-12-7-5-10-21(26)28-22-14-13-20(17-27(22)38-29(33)24(28)18-32)37-30(34)23-16-19-9-4-6-11-25(19)39-31(23)35/h4-7,9-14,16-17,28H,2-3,8,15,33H2,1H3. The third-order valence-electron chi connectivity index (χ3n) is 6.50. The monoisotopic (exact) mass is 522 g/mol. The highest BCUT2D eigenvalue weighted by Gasteiger charge is 2.33. The van der Waals surface area contributed by atoms with Gasteiger partial charge in [0.1, 0.15) is 40.0 Å². The average Bonchev–Trinajstić information content (AvgIpc) is 2.94. The van der Waals surface area contributed by atoms with Gasteiger partial charge < -0.3 is 24.4 Å². The Balaban J connectivity index is 1.46. The summed E-state index contributed by atoms with van der Waals surface area (Å²) in [5.74, 6) is -0.331. The highest BCUT2D eigenvalue weighted by Crippen LogP contribution is 2.46. The molecule has 4 aromatic rings. The minimum absolute atomic E-state index is 0.0468. The molecule has 0 radical (unpaired) electrons. The fourth-order valence-corrected chi connectivity index (χ4v) is 4.57. The lowest BCUT2D eigenvalue weighted by molar-refractivity contribution is 0.0730. The molecule has 39 heavy (non-hydrogen) atoms. The van der Waals surface area contributed by atoms with Crippen LogP contribution in [0, 0.1) is 11.3 Å². The molecule has 1 atom stereocenters. The van der Waals surface area contributed by atoms with E-state index in [2.05, 4.69) is 13.0 Å². The maximum Gasteiger partial charge on any atom is 0.351 e. The third kappa shape index (κ3) is 5.20. The van der Waals surface area contributed by atoms with E-state index in [1.54, 1.807) is 36.4 Å². The molecular formula is C31H26N2O6. The van der Waals surface area contributed by atoms with Crippen molar-refractivity contribution < 1.29 is 23.4 Å². The molecule has 2 N–H and O–H groups in total. The van der Waals surface area contributed by atoms with E-state index in [0.29, 0.717) is 34.6 Å². The minimum atomic E-state index is -0.867. The fraction of sp³-hybridized carbons (Fsp3) is 0.194. The largest absolute Gasteiger partial charge is 0.493 e. The van der Waals surface area contributed by atoms with Gasteiger partial charge in [-0.2, -0.15) is 5.26 Å². The van der Waals surface area contributed by atoms with Gasteiger partial charge in [0.25, 0.3) is 0 Å². The topological polar surface area (TPSA) is 125 Å². The first-order valence-electron chi connectivity index (χ1n) is 12.7. The van der Waals surface area contributed by atoms with Gasteiger partial charge in [-0.3, -0.25) is 0 Å². The van der Waals surface area contributed by atoms with E-state index >= 15 is 0 Å². The molecule has 0 aliphatic carbocycles. The molecule has 1 aliphatic rings. The van der Waals surface area contributed by atoms with E-state index in [4.69, 9.17) is 24.4 Å². The van der Waals surface area contributed by atoms with Crippen LogP contribution in [-0.4, -0.2) is 12.6 Å².